The molecule has 0 bridgehead atoms. The fourth-order valence-corrected chi connectivity index (χ4v) is 4.56. The second kappa shape index (κ2) is 8.16. The van der Waals surface area contributed by atoms with Crippen LogP contribution in [-0.2, 0) is 0 Å². The first kappa shape index (κ1) is 19.7. The highest BCUT2D eigenvalue weighted by Crippen LogP contribution is 2.39. The van der Waals surface area contributed by atoms with Gasteiger partial charge in [0.1, 0.15) is 11.2 Å². The van der Waals surface area contributed by atoms with Crippen LogP contribution in [-0.4, -0.2) is 0 Å². The normalized spacial score (nSPS) is 11.2. The fourth-order valence-electron chi connectivity index (χ4n) is 4.37. The SMILES string of the molecule is Clc1cccc(-c2cccc(N(c3ccccc3)c3ccc4oc5ccccc5c4c3)c2)c1. The molecule has 158 valence electrons. The van der Waals surface area contributed by atoms with Gasteiger partial charge in [-0.1, -0.05) is 72.3 Å². The van der Waals surface area contributed by atoms with E-state index in [1.165, 1.54) is 0 Å². The van der Waals surface area contributed by atoms with Crippen molar-refractivity contribution in [2.75, 3.05) is 4.90 Å². The molecule has 6 aromatic rings. The number of hydrogen-bond acceptors (Lipinski definition) is 2. The third-order valence-corrected chi connectivity index (χ3v) is 6.13. The number of rotatable bonds is 4. The lowest BCUT2D eigenvalue weighted by Crippen LogP contribution is -2.09. The van der Waals surface area contributed by atoms with Crippen molar-refractivity contribution in [2.45, 2.75) is 0 Å². The molecular formula is C30H20ClNO. The van der Waals surface area contributed by atoms with Crippen molar-refractivity contribution in [3.63, 3.8) is 0 Å². The van der Waals surface area contributed by atoms with Crippen LogP contribution in [0.15, 0.2) is 126 Å². The number of para-hydroxylation sites is 2. The number of furan rings is 1. The maximum absolute atomic E-state index is 6.26. The molecule has 33 heavy (non-hydrogen) atoms. The van der Waals surface area contributed by atoms with E-state index in [4.69, 9.17) is 16.0 Å². The molecule has 1 aromatic heterocycles. The molecule has 0 N–H and O–H groups in total. The Kier molecular flexibility index (Phi) is 4.86. The molecule has 0 saturated carbocycles. The average Bonchev–Trinajstić information content (AvgIpc) is 3.23. The Hall–Kier alpha value is -4.01. The largest absolute Gasteiger partial charge is 0.456 e. The van der Waals surface area contributed by atoms with Crippen molar-refractivity contribution in [1.29, 1.82) is 0 Å². The van der Waals surface area contributed by atoms with Crippen LogP contribution in [0.4, 0.5) is 17.1 Å². The summed E-state index contributed by atoms with van der Waals surface area (Å²) in [4.78, 5) is 2.27. The minimum atomic E-state index is 0.732. The maximum atomic E-state index is 6.26. The summed E-state index contributed by atoms with van der Waals surface area (Å²) in [5.74, 6) is 0. The van der Waals surface area contributed by atoms with Gasteiger partial charge in [-0.2, -0.15) is 0 Å². The highest BCUT2D eigenvalue weighted by Gasteiger charge is 2.15. The Morgan fingerprint density at radius 3 is 2.00 bits per heavy atom. The van der Waals surface area contributed by atoms with E-state index in [1.807, 2.05) is 42.5 Å². The van der Waals surface area contributed by atoms with Crippen LogP contribution in [0.1, 0.15) is 0 Å². The molecule has 6 rings (SSSR count). The third-order valence-electron chi connectivity index (χ3n) is 5.90. The van der Waals surface area contributed by atoms with Crippen LogP contribution in [0.2, 0.25) is 5.02 Å². The summed E-state index contributed by atoms with van der Waals surface area (Å²) in [6.45, 7) is 0. The van der Waals surface area contributed by atoms with Gasteiger partial charge in [-0.3, -0.25) is 0 Å². The molecule has 0 fully saturated rings. The zero-order valence-electron chi connectivity index (χ0n) is 17.8. The molecule has 1 heterocycles. The van der Waals surface area contributed by atoms with E-state index in [-0.39, 0.29) is 0 Å². The van der Waals surface area contributed by atoms with Crippen LogP contribution in [0.3, 0.4) is 0 Å². The Morgan fingerprint density at radius 1 is 0.485 bits per heavy atom. The monoisotopic (exact) mass is 445 g/mol. The van der Waals surface area contributed by atoms with Crippen molar-refractivity contribution in [1.82, 2.24) is 0 Å². The number of anilines is 3. The molecule has 0 aliphatic heterocycles. The van der Waals surface area contributed by atoms with E-state index in [2.05, 4.69) is 83.8 Å². The van der Waals surface area contributed by atoms with E-state index in [1.54, 1.807) is 0 Å². The highest BCUT2D eigenvalue weighted by molar-refractivity contribution is 6.30. The van der Waals surface area contributed by atoms with Crippen LogP contribution in [0.5, 0.6) is 0 Å². The summed E-state index contributed by atoms with van der Waals surface area (Å²) >= 11 is 6.26. The zero-order chi connectivity index (χ0) is 22.2. The van der Waals surface area contributed by atoms with Gasteiger partial charge in [0.05, 0.1) is 0 Å². The first-order valence-corrected chi connectivity index (χ1v) is 11.3. The average molecular weight is 446 g/mol. The van der Waals surface area contributed by atoms with Crippen LogP contribution >= 0.6 is 11.6 Å². The van der Waals surface area contributed by atoms with E-state index in [0.717, 1.165) is 55.2 Å². The molecular weight excluding hydrogens is 426 g/mol. The van der Waals surface area contributed by atoms with Gasteiger partial charge in [0.25, 0.3) is 0 Å². The van der Waals surface area contributed by atoms with Gasteiger partial charge in [-0.15, -0.1) is 0 Å². The first-order chi connectivity index (χ1) is 16.3. The summed E-state index contributed by atoms with van der Waals surface area (Å²) in [7, 11) is 0. The molecule has 5 aromatic carbocycles. The molecule has 0 spiro atoms. The number of halogens is 1. The molecule has 0 saturated heterocycles. The van der Waals surface area contributed by atoms with Gasteiger partial charge >= 0.3 is 0 Å². The predicted octanol–water partition coefficient (Wildman–Crippen LogP) is 9.38. The Morgan fingerprint density at radius 2 is 1.15 bits per heavy atom. The van der Waals surface area contributed by atoms with Crippen molar-refractivity contribution in [3.05, 3.63) is 126 Å². The van der Waals surface area contributed by atoms with E-state index < -0.39 is 0 Å². The lowest BCUT2D eigenvalue weighted by atomic mass is 10.0. The van der Waals surface area contributed by atoms with Gasteiger partial charge < -0.3 is 9.32 Å². The molecule has 0 atom stereocenters. The summed E-state index contributed by atoms with van der Waals surface area (Å²) in [5.41, 5.74) is 7.24. The first-order valence-electron chi connectivity index (χ1n) is 10.9. The fraction of sp³-hybridized carbons (Fsp3) is 0. The lowest BCUT2D eigenvalue weighted by Gasteiger charge is -2.26. The summed E-state index contributed by atoms with van der Waals surface area (Å²) in [6.07, 6.45) is 0. The number of nitrogens with zero attached hydrogens (tertiary/aromatic N) is 1. The molecule has 0 amide bonds. The smallest absolute Gasteiger partial charge is 0.135 e. The van der Waals surface area contributed by atoms with Gasteiger partial charge in [0, 0.05) is 32.9 Å². The van der Waals surface area contributed by atoms with Crippen molar-refractivity contribution in [3.8, 4) is 11.1 Å². The number of fused-ring (bicyclic) bond motifs is 3. The summed E-state index contributed by atoms with van der Waals surface area (Å²) < 4.78 is 6.06. The quantitative estimate of drug-likeness (QED) is 0.268. The van der Waals surface area contributed by atoms with E-state index in [9.17, 15) is 0 Å². The molecule has 2 nitrogen and oxygen atoms in total. The van der Waals surface area contributed by atoms with Gasteiger partial charge in [-0.05, 0) is 71.8 Å². The van der Waals surface area contributed by atoms with Gasteiger partial charge in [-0.25, -0.2) is 0 Å². The third kappa shape index (κ3) is 3.65. The van der Waals surface area contributed by atoms with Crippen molar-refractivity contribution in [2.24, 2.45) is 0 Å². The standard InChI is InChI=1S/C30H20ClNO/c31-23-10-6-8-21(18-23)22-9-7-13-25(19-22)32(24-11-2-1-3-12-24)26-16-17-30-28(20-26)27-14-4-5-15-29(27)33-30/h1-20H. The second-order valence-electron chi connectivity index (χ2n) is 8.01. The van der Waals surface area contributed by atoms with Crippen molar-refractivity contribution >= 4 is 50.6 Å². The van der Waals surface area contributed by atoms with Crippen LogP contribution in [0, 0.1) is 0 Å². The maximum Gasteiger partial charge on any atom is 0.135 e. The summed E-state index contributed by atoms with van der Waals surface area (Å²) in [5, 5.41) is 2.96. The topological polar surface area (TPSA) is 16.4 Å². The minimum absolute atomic E-state index is 0.732. The Labute approximate surface area is 197 Å². The highest BCUT2D eigenvalue weighted by atomic mass is 35.5. The molecule has 0 aliphatic rings. The number of hydrogen-bond donors (Lipinski definition) is 0. The zero-order valence-corrected chi connectivity index (χ0v) is 18.5. The lowest BCUT2D eigenvalue weighted by molar-refractivity contribution is 0.669. The van der Waals surface area contributed by atoms with Crippen LogP contribution < -0.4 is 4.90 Å². The second-order valence-corrected chi connectivity index (χ2v) is 8.45. The predicted molar refractivity (Wildman–Crippen MR) is 139 cm³/mol. The number of benzene rings is 5. The minimum Gasteiger partial charge on any atom is -0.456 e. The molecule has 0 radical (unpaired) electrons. The van der Waals surface area contributed by atoms with Gasteiger partial charge in [0.2, 0.25) is 0 Å². The molecule has 0 unspecified atom stereocenters. The Bertz CT molecular complexity index is 1590. The summed E-state index contributed by atoms with van der Waals surface area (Å²) in [6, 6.07) is 41.5. The molecule has 3 heteroatoms. The van der Waals surface area contributed by atoms with Gasteiger partial charge in [0.15, 0.2) is 0 Å². The van der Waals surface area contributed by atoms with E-state index >= 15 is 0 Å². The van der Waals surface area contributed by atoms with E-state index in [0.29, 0.717) is 0 Å². The Balaban J connectivity index is 1.54. The molecule has 0 aliphatic carbocycles. The van der Waals surface area contributed by atoms with Crippen LogP contribution in [0.25, 0.3) is 33.1 Å². The van der Waals surface area contributed by atoms with Crippen molar-refractivity contribution < 1.29 is 4.42 Å².